The summed E-state index contributed by atoms with van der Waals surface area (Å²) in [7, 11) is 2.22. The summed E-state index contributed by atoms with van der Waals surface area (Å²) in [6.45, 7) is 14.7. The number of thiazole rings is 1. The van der Waals surface area contributed by atoms with Gasteiger partial charge in [-0.25, -0.2) is 9.98 Å². The standard InChI is InChI=1S/C18H34N6S/c1-5-19-18(21-14-17-22-15(2)16(3)25-17)20-8-6-10-24-11-7-9-23(4)12-13-24/h5-14H2,1-4H3,(H2,19,20,21). The number of nitrogens with one attached hydrogen (secondary N) is 2. The van der Waals surface area contributed by atoms with E-state index in [0.717, 1.165) is 42.7 Å². The van der Waals surface area contributed by atoms with Crippen LogP contribution in [0.1, 0.15) is 35.3 Å². The molecule has 1 fully saturated rings. The van der Waals surface area contributed by atoms with Crippen molar-refractivity contribution in [3.8, 4) is 0 Å². The average Bonchev–Trinajstić information content (AvgIpc) is 2.78. The maximum atomic E-state index is 4.67. The van der Waals surface area contributed by atoms with Crippen molar-refractivity contribution in [1.29, 1.82) is 0 Å². The maximum Gasteiger partial charge on any atom is 0.191 e. The van der Waals surface area contributed by atoms with E-state index in [1.54, 1.807) is 11.3 Å². The van der Waals surface area contributed by atoms with E-state index in [9.17, 15) is 0 Å². The Labute approximate surface area is 156 Å². The van der Waals surface area contributed by atoms with Crippen molar-refractivity contribution in [3.05, 3.63) is 15.6 Å². The van der Waals surface area contributed by atoms with E-state index in [4.69, 9.17) is 0 Å². The third-order valence-electron chi connectivity index (χ3n) is 4.55. The zero-order valence-corrected chi connectivity index (χ0v) is 17.1. The molecule has 0 amide bonds. The highest BCUT2D eigenvalue weighted by molar-refractivity contribution is 7.11. The highest BCUT2D eigenvalue weighted by Gasteiger charge is 2.11. The van der Waals surface area contributed by atoms with Gasteiger partial charge in [-0.3, -0.25) is 0 Å². The molecule has 0 atom stereocenters. The summed E-state index contributed by atoms with van der Waals surface area (Å²) in [5.41, 5.74) is 1.12. The molecule has 7 heteroatoms. The number of aromatic nitrogens is 1. The zero-order chi connectivity index (χ0) is 18.1. The first-order chi connectivity index (χ1) is 12.1. The van der Waals surface area contributed by atoms with Gasteiger partial charge in [-0.15, -0.1) is 11.3 Å². The summed E-state index contributed by atoms with van der Waals surface area (Å²) >= 11 is 1.74. The molecule has 25 heavy (non-hydrogen) atoms. The SMILES string of the molecule is CCNC(=NCc1nc(C)c(C)s1)NCCCN1CCCN(C)CC1. The lowest BCUT2D eigenvalue weighted by molar-refractivity contribution is 0.274. The predicted molar refractivity (Wildman–Crippen MR) is 108 cm³/mol. The minimum Gasteiger partial charge on any atom is -0.357 e. The van der Waals surface area contributed by atoms with E-state index in [2.05, 4.69) is 58.2 Å². The highest BCUT2D eigenvalue weighted by Crippen LogP contribution is 2.16. The lowest BCUT2D eigenvalue weighted by Crippen LogP contribution is -2.39. The summed E-state index contributed by atoms with van der Waals surface area (Å²) in [6.07, 6.45) is 2.42. The molecule has 142 valence electrons. The molecule has 1 aromatic rings. The van der Waals surface area contributed by atoms with Crippen LogP contribution < -0.4 is 10.6 Å². The van der Waals surface area contributed by atoms with Crippen molar-refractivity contribution in [2.75, 3.05) is 52.9 Å². The van der Waals surface area contributed by atoms with E-state index in [1.807, 2.05) is 0 Å². The fourth-order valence-corrected chi connectivity index (χ4v) is 3.79. The van der Waals surface area contributed by atoms with Crippen LogP contribution in [0.4, 0.5) is 0 Å². The van der Waals surface area contributed by atoms with Gasteiger partial charge in [0.25, 0.3) is 0 Å². The van der Waals surface area contributed by atoms with E-state index >= 15 is 0 Å². The molecule has 0 saturated carbocycles. The first-order valence-corrected chi connectivity index (χ1v) is 10.3. The van der Waals surface area contributed by atoms with Crippen molar-refractivity contribution in [1.82, 2.24) is 25.4 Å². The van der Waals surface area contributed by atoms with Gasteiger partial charge in [-0.1, -0.05) is 0 Å². The first kappa shape index (κ1) is 20.1. The van der Waals surface area contributed by atoms with Gasteiger partial charge in [0.2, 0.25) is 0 Å². The Bertz CT molecular complexity index is 522. The number of guanidine groups is 1. The molecule has 1 saturated heterocycles. The van der Waals surface area contributed by atoms with Crippen LogP contribution in [0.5, 0.6) is 0 Å². The van der Waals surface area contributed by atoms with E-state index in [1.165, 1.54) is 37.5 Å². The van der Waals surface area contributed by atoms with Crippen LogP contribution in [0.3, 0.4) is 0 Å². The van der Waals surface area contributed by atoms with Crippen molar-refractivity contribution in [2.24, 2.45) is 4.99 Å². The second kappa shape index (κ2) is 10.7. The lowest BCUT2D eigenvalue weighted by Gasteiger charge is -2.20. The second-order valence-electron chi connectivity index (χ2n) is 6.72. The van der Waals surface area contributed by atoms with Gasteiger partial charge in [0.05, 0.1) is 12.2 Å². The second-order valence-corrected chi connectivity index (χ2v) is 8.01. The Kier molecular flexibility index (Phi) is 8.64. The topological polar surface area (TPSA) is 55.8 Å². The molecule has 0 spiro atoms. The molecule has 2 rings (SSSR count). The Morgan fingerprint density at radius 2 is 2.04 bits per heavy atom. The Hall–Kier alpha value is -1.18. The number of nitrogens with zero attached hydrogens (tertiary/aromatic N) is 4. The van der Waals surface area contributed by atoms with E-state index in [0.29, 0.717) is 6.54 Å². The molecule has 0 bridgehead atoms. The Balaban J connectivity index is 1.72. The Morgan fingerprint density at radius 3 is 2.76 bits per heavy atom. The van der Waals surface area contributed by atoms with Crippen LogP contribution in [0, 0.1) is 13.8 Å². The van der Waals surface area contributed by atoms with Crippen molar-refractivity contribution < 1.29 is 0 Å². The van der Waals surface area contributed by atoms with Crippen LogP contribution in [0.2, 0.25) is 0 Å². The third kappa shape index (κ3) is 7.30. The van der Waals surface area contributed by atoms with E-state index in [-0.39, 0.29) is 0 Å². The van der Waals surface area contributed by atoms with Crippen LogP contribution in [-0.4, -0.2) is 73.6 Å². The summed E-state index contributed by atoms with van der Waals surface area (Å²) < 4.78 is 0. The zero-order valence-electron chi connectivity index (χ0n) is 16.3. The molecule has 0 unspecified atom stereocenters. The molecular weight excluding hydrogens is 332 g/mol. The quantitative estimate of drug-likeness (QED) is 0.438. The number of hydrogen-bond donors (Lipinski definition) is 2. The fourth-order valence-electron chi connectivity index (χ4n) is 2.93. The molecular formula is C18H34N6S. The number of rotatable bonds is 7. The lowest BCUT2D eigenvalue weighted by atomic mass is 10.3. The molecule has 0 radical (unpaired) electrons. The monoisotopic (exact) mass is 366 g/mol. The average molecular weight is 367 g/mol. The fraction of sp³-hybridized carbons (Fsp3) is 0.778. The van der Waals surface area contributed by atoms with Crippen LogP contribution in [0.25, 0.3) is 0 Å². The van der Waals surface area contributed by atoms with Crippen LogP contribution >= 0.6 is 11.3 Å². The largest absolute Gasteiger partial charge is 0.357 e. The van der Waals surface area contributed by atoms with Gasteiger partial charge in [-0.2, -0.15) is 0 Å². The van der Waals surface area contributed by atoms with E-state index < -0.39 is 0 Å². The number of aliphatic imine (C=N–C) groups is 1. The molecule has 2 heterocycles. The molecule has 2 N–H and O–H groups in total. The smallest absolute Gasteiger partial charge is 0.191 e. The van der Waals surface area contributed by atoms with Crippen LogP contribution in [-0.2, 0) is 6.54 Å². The summed E-state index contributed by atoms with van der Waals surface area (Å²) in [4.78, 5) is 15.5. The van der Waals surface area contributed by atoms with Gasteiger partial charge in [-0.05, 0) is 60.3 Å². The van der Waals surface area contributed by atoms with Crippen molar-refractivity contribution in [3.63, 3.8) is 0 Å². The summed E-state index contributed by atoms with van der Waals surface area (Å²) in [5, 5.41) is 7.86. The predicted octanol–water partition coefficient (Wildman–Crippen LogP) is 1.84. The van der Waals surface area contributed by atoms with Gasteiger partial charge >= 0.3 is 0 Å². The highest BCUT2D eigenvalue weighted by atomic mass is 32.1. The van der Waals surface area contributed by atoms with Crippen LogP contribution in [0.15, 0.2) is 4.99 Å². The van der Waals surface area contributed by atoms with Gasteiger partial charge in [0.15, 0.2) is 5.96 Å². The van der Waals surface area contributed by atoms with Gasteiger partial charge < -0.3 is 20.4 Å². The summed E-state index contributed by atoms with van der Waals surface area (Å²) in [6, 6.07) is 0. The molecule has 1 aliphatic rings. The Morgan fingerprint density at radius 1 is 1.20 bits per heavy atom. The molecule has 0 aromatic carbocycles. The van der Waals surface area contributed by atoms with Gasteiger partial charge in [0, 0.05) is 31.1 Å². The minimum atomic E-state index is 0.646. The number of likely N-dealkylation sites (N-methyl/N-ethyl adjacent to an activating group) is 1. The van der Waals surface area contributed by atoms with Gasteiger partial charge in [0.1, 0.15) is 5.01 Å². The number of hydrogen-bond acceptors (Lipinski definition) is 5. The summed E-state index contributed by atoms with van der Waals surface area (Å²) in [5.74, 6) is 0.892. The minimum absolute atomic E-state index is 0.646. The molecule has 1 aliphatic heterocycles. The maximum absolute atomic E-state index is 4.67. The first-order valence-electron chi connectivity index (χ1n) is 9.44. The molecule has 6 nitrogen and oxygen atoms in total. The number of aryl methyl sites for hydroxylation is 2. The normalized spacial score (nSPS) is 17.5. The third-order valence-corrected chi connectivity index (χ3v) is 5.60. The van der Waals surface area contributed by atoms with Crippen molar-refractivity contribution >= 4 is 17.3 Å². The molecule has 1 aromatic heterocycles. The molecule has 0 aliphatic carbocycles. The van der Waals surface area contributed by atoms with Crippen molar-refractivity contribution in [2.45, 2.75) is 40.2 Å².